The number of nitrogens with two attached hydrogens (primary N) is 1. The van der Waals surface area contributed by atoms with Gasteiger partial charge in [0.1, 0.15) is 5.82 Å². The quantitative estimate of drug-likeness (QED) is 0.866. The minimum Gasteiger partial charge on any atom is -0.369 e. The highest BCUT2D eigenvalue weighted by Gasteiger charge is 2.33. The summed E-state index contributed by atoms with van der Waals surface area (Å²) in [6.07, 6.45) is 1.25. The van der Waals surface area contributed by atoms with Crippen molar-refractivity contribution in [2.45, 2.75) is 26.8 Å². The molecule has 1 saturated carbocycles. The number of imidazole rings is 1. The summed E-state index contributed by atoms with van der Waals surface area (Å²) >= 11 is 0. The van der Waals surface area contributed by atoms with Crippen LogP contribution in [-0.4, -0.2) is 9.55 Å². The average molecular weight is 233 g/mol. The van der Waals surface area contributed by atoms with E-state index in [0.29, 0.717) is 22.9 Å². The van der Waals surface area contributed by atoms with Gasteiger partial charge in [0.2, 0.25) is 5.95 Å². The van der Waals surface area contributed by atoms with Gasteiger partial charge in [0.15, 0.2) is 0 Å². The molecule has 0 aliphatic heterocycles. The molecule has 2 atom stereocenters. The molecule has 1 aromatic carbocycles. The lowest BCUT2D eigenvalue weighted by atomic mass is 10.2. The summed E-state index contributed by atoms with van der Waals surface area (Å²) in [5, 5.41) is 0. The number of aryl methyl sites for hydroxylation is 1. The minimum absolute atomic E-state index is 0.220. The van der Waals surface area contributed by atoms with Crippen LogP contribution in [0.3, 0.4) is 0 Å². The second-order valence-corrected chi connectivity index (χ2v) is 5.14. The molecule has 1 aliphatic carbocycles. The molecule has 0 spiro atoms. The first kappa shape index (κ1) is 10.6. The number of aromatic nitrogens is 2. The predicted octanol–water partition coefficient (Wildman–Crippen LogP) is 2.72. The number of nitrogen functional groups attached to an aromatic ring is 1. The van der Waals surface area contributed by atoms with Crippen LogP contribution in [0.4, 0.5) is 10.3 Å². The van der Waals surface area contributed by atoms with Crippen LogP contribution in [0.15, 0.2) is 12.1 Å². The second-order valence-electron chi connectivity index (χ2n) is 5.14. The van der Waals surface area contributed by atoms with Crippen LogP contribution in [0.1, 0.15) is 18.9 Å². The fourth-order valence-corrected chi connectivity index (χ4v) is 2.35. The summed E-state index contributed by atoms with van der Waals surface area (Å²) in [4.78, 5) is 4.22. The van der Waals surface area contributed by atoms with E-state index in [1.165, 1.54) is 12.5 Å². The standard InChI is InChI=1S/C13H16FN3/c1-7-3-9(7)6-17-12-4-8(2)10(14)5-11(12)16-13(17)15/h4-5,7,9H,3,6H2,1-2H3,(H2,15,16). The maximum atomic E-state index is 13.4. The molecule has 4 heteroatoms. The molecule has 17 heavy (non-hydrogen) atoms. The van der Waals surface area contributed by atoms with E-state index >= 15 is 0 Å². The van der Waals surface area contributed by atoms with Crippen molar-refractivity contribution >= 4 is 17.0 Å². The van der Waals surface area contributed by atoms with Gasteiger partial charge in [-0.05, 0) is 36.8 Å². The number of anilines is 1. The molecule has 0 radical (unpaired) electrons. The van der Waals surface area contributed by atoms with E-state index in [4.69, 9.17) is 5.73 Å². The Hall–Kier alpha value is -1.58. The monoisotopic (exact) mass is 233 g/mol. The SMILES string of the molecule is Cc1cc2c(cc1F)nc(N)n2CC1CC1C. The molecule has 0 bridgehead atoms. The number of hydrogen-bond acceptors (Lipinski definition) is 2. The van der Waals surface area contributed by atoms with E-state index in [1.807, 2.05) is 10.6 Å². The first-order valence-electron chi connectivity index (χ1n) is 5.98. The molecule has 90 valence electrons. The summed E-state index contributed by atoms with van der Waals surface area (Å²) in [7, 11) is 0. The molecule has 1 aromatic heterocycles. The van der Waals surface area contributed by atoms with Crippen molar-refractivity contribution in [2.75, 3.05) is 5.73 Å². The van der Waals surface area contributed by atoms with Gasteiger partial charge in [-0.2, -0.15) is 0 Å². The van der Waals surface area contributed by atoms with Gasteiger partial charge >= 0.3 is 0 Å². The van der Waals surface area contributed by atoms with Gasteiger partial charge in [-0.25, -0.2) is 9.37 Å². The van der Waals surface area contributed by atoms with Crippen molar-refractivity contribution in [3.05, 3.63) is 23.5 Å². The molecule has 3 rings (SSSR count). The fraction of sp³-hybridized carbons (Fsp3) is 0.462. The topological polar surface area (TPSA) is 43.8 Å². The van der Waals surface area contributed by atoms with Crippen molar-refractivity contribution in [3.8, 4) is 0 Å². The van der Waals surface area contributed by atoms with Crippen molar-refractivity contribution in [2.24, 2.45) is 11.8 Å². The number of rotatable bonds is 2. The average Bonchev–Trinajstić information content (AvgIpc) is 2.88. The Morgan fingerprint density at radius 2 is 2.24 bits per heavy atom. The summed E-state index contributed by atoms with van der Waals surface area (Å²) < 4.78 is 15.4. The van der Waals surface area contributed by atoms with Crippen LogP contribution >= 0.6 is 0 Å². The summed E-state index contributed by atoms with van der Waals surface area (Å²) in [5.74, 6) is 1.74. The molecular weight excluding hydrogens is 217 g/mol. The summed E-state index contributed by atoms with van der Waals surface area (Å²) in [6.45, 7) is 4.90. The highest BCUT2D eigenvalue weighted by atomic mass is 19.1. The Morgan fingerprint density at radius 3 is 2.88 bits per heavy atom. The number of hydrogen-bond donors (Lipinski definition) is 1. The molecule has 0 saturated heterocycles. The largest absolute Gasteiger partial charge is 0.369 e. The van der Waals surface area contributed by atoms with Crippen LogP contribution in [-0.2, 0) is 6.54 Å². The van der Waals surface area contributed by atoms with Gasteiger partial charge in [0, 0.05) is 12.6 Å². The highest BCUT2D eigenvalue weighted by Crippen LogP contribution is 2.40. The second kappa shape index (κ2) is 3.45. The molecule has 1 aliphatic rings. The van der Waals surface area contributed by atoms with E-state index < -0.39 is 0 Å². The number of benzene rings is 1. The highest BCUT2D eigenvalue weighted by molar-refractivity contribution is 5.79. The Morgan fingerprint density at radius 1 is 1.53 bits per heavy atom. The molecule has 3 nitrogen and oxygen atoms in total. The van der Waals surface area contributed by atoms with Crippen LogP contribution in [0, 0.1) is 24.6 Å². The Labute approximate surface area is 99.4 Å². The zero-order chi connectivity index (χ0) is 12.2. The van der Waals surface area contributed by atoms with E-state index in [0.717, 1.165) is 18.0 Å². The predicted molar refractivity (Wildman–Crippen MR) is 66.1 cm³/mol. The molecule has 2 N–H and O–H groups in total. The van der Waals surface area contributed by atoms with Gasteiger partial charge in [-0.1, -0.05) is 6.92 Å². The van der Waals surface area contributed by atoms with Crippen LogP contribution in [0.2, 0.25) is 0 Å². The molecule has 0 amide bonds. The first-order chi connectivity index (χ1) is 8.06. The lowest BCUT2D eigenvalue weighted by Gasteiger charge is -2.06. The van der Waals surface area contributed by atoms with Gasteiger partial charge < -0.3 is 10.3 Å². The zero-order valence-electron chi connectivity index (χ0n) is 10.1. The third kappa shape index (κ3) is 1.68. The van der Waals surface area contributed by atoms with Crippen molar-refractivity contribution < 1.29 is 4.39 Å². The van der Waals surface area contributed by atoms with E-state index in [2.05, 4.69) is 11.9 Å². The number of fused-ring (bicyclic) bond motifs is 1. The summed E-state index contributed by atoms with van der Waals surface area (Å²) in [5.41, 5.74) is 8.14. The molecule has 2 unspecified atom stereocenters. The van der Waals surface area contributed by atoms with Crippen LogP contribution < -0.4 is 5.73 Å². The molecule has 1 fully saturated rings. The Balaban J connectivity index is 2.09. The fourth-order valence-electron chi connectivity index (χ4n) is 2.35. The van der Waals surface area contributed by atoms with E-state index in [-0.39, 0.29) is 5.82 Å². The lowest BCUT2D eigenvalue weighted by Crippen LogP contribution is -2.05. The third-order valence-electron chi connectivity index (χ3n) is 3.75. The van der Waals surface area contributed by atoms with Crippen molar-refractivity contribution in [1.29, 1.82) is 0 Å². The van der Waals surface area contributed by atoms with Gasteiger partial charge in [0.05, 0.1) is 11.0 Å². The van der Waals surface area contributed by atoms with E-state index in [1.54, 1.807) is 6.92 Å². The Bertz CT molecular complexity index is 588. The minimum atomic E-state index is -0.220. The van der Waals surface area contributed by atoms with Gasteiger partial charge in [-0.3, -0.25) is 0 Å². The molecular formula is C13H16FN3. The van der Waals surface area contributed by atoms with E-state index in [9.17, 15) is 4.39 Å². The normalized spacial score (nSPS) is 23.2. The van der Waals surface area contributed by atoms with Crippen LogP contribution in [0.5, 0.6) is 0 Å². The van der Waals surface area contributed by atoms with Crippen molar-refractivity contribution in [1.82, 2.24) is 9.55 Å². The van der Waals surface area contributed by atoms with Gasteiger partial charge in [0.25, 0.3) is 0 Å². The summed E-state index contributed by atoms with van der Waals surface area (Å²) in [6, 6.07) is 3.30. The maximum Gasteiger partial charge on any atom is 0.201 e. The van der Waals surface area contributed by atoms with Crippen molar-refractivity contribution in [3.63, 3.8) is 0 Å². The van der Waals surface area contributed by atoms with Crippen LogP contribution in [0.25, 0.3) is 11.0 Å². The Kier molecular flexibility index (Phi) is 2.15. The smallest absolute Gasteiger partial charge is 0.201 e. The molecule has 2 aromatic rings. The lowest BCUT2D eigenvalue weighted by molar-refractivity contribution is 0.610. The third-order valence-corrected chi connectivity index (χ3v) is 3.75. The number of halogens is 1. The maximum absolute atomic E-state index is 13.4. The first-order valence-corrected chi connectivity index (χ1v) is 5.98. The zero-order valence-corrected chi connectivity index (χ0v) is 10.1. The molecule has 1 heterocycles. The van der Waals surface area contributed by atoms with Gasteiger partial charge in [-0.15, -0.1) is 0 Å². The number of nitrogens with zero attached hydrogens (tertiary/aromatic N) is 2.